The van der Waals surface area contributed by atoms with Gasteiger partial charge >= 0.3 is 12.0 Å². The summed E-state index contributed by atoms with van der Waals surface area (Å²) in [4.78, 5) is 33.7. The second kappa shape index (κ2) is 6.85. The molecule has 2 N–H and O–H groups in total. The molecule has 0 spiro atoms. The Morgan fingerprint density at radius 3 is 2.65 bits per heavy atom. The van der Waals surface area contributed by atoms with Crippen molar-refractivity contribution >= 4 is 39.3 Å². The van der Waals surface area contributed by atoms with Crippen molar-refractivity contribution in [3.8, 4) is 0 Å². The van der Waals surface area contributed by atoms with E-state index in [1.165, 1.54) is 18.2 Å². The SMILES string of the molecule is CCN(CC(=O)O)C(=O)Nc1ccc(Br)c([N+](=O)[O-])c1. The Balaban J connectivity index is 2.87. The Morgan fingerprint density at radius 2 is 2.15 bits per heavy atom. The van der Waals surface area contributed by atoms with E-state index in [1.807, 2.05) is 0 Å². The standard InChI is InChI=1S/C11H12BrN3O5/c1-2-14(6-10(16)17)11(18)13-7-3-4-8(12)9(5-7)15(19)20/h3-5H,2,6H2,1H3,(H,13,18)(H,16,17). The maximum atomic E-state index is 11.8. The largest absolute Gasteiger partial charge is 0.480 e. The number of carbonyl (C=O) groups excluding carboxylic acids is 1. The Bertz CT molecular complexity index is 549. The maximum Gasteiger partial charge on any atom is 0.323 e. The molecule has 2 amide bonds. The lowest BCUT2D eigenvalue weighted by Crippen LogP contribution is -2.38. The Kier molecular flexibility index (Phi) is 5.44. The lowest BCUT2D eigenvalue weighted by Gasteiger charge is -2.19. The van der Waals surface area contributed by atoms with Crippen molar-refractivity contribution in [2.45, 2.75) is 6.92 Å². The number of carboxylic acid groups (broad SMARTS) is 1. The summed E-state index contributed by atoms with van der Waals surface area (Å²) in [6.45, 7) is 1.39. The molecule has 0 aromatic heterocycles. The lowest BCUT2D eigenvalue weighted by molar-refractivity contribution is -0.385. The zero-order valence-electron chi connectivity index (χ0n) is 10.5. The second-order valence-electron chi connectivity index (χ2n) is 3.76. The molecule has 0 saturated heterocycles. The van der Waals surface area contributed by atoms with Gasteiger partial charge in [0.05, 0.1) is 9.40 Å². The van der Waals surface area contributed by atoms with Gasteiger partial charge in [-0.3, -0.25) is 14.9 Å². The first-order valence-corrected chi connectivity index (χ1v) is 6.36. The molecule has 0 atom stereocenters. The number of urea groups is 1. The monoisotopic (exact) mass is 345 g/mol. The highest BCUT2D eigenvalue weighted by Crippen LogP contribution is 2.27. The predicted octanol–water partition coefficient (Wildman–Crippen LogP) is 2.30. The predicted molar refractivity (Wildman–Crippen MR) is 74.7 cm³/mol. The van der Waals surface area contributed by atoms with Crippen LogP contribution in [0.5, 0.6) is 0 Å². The number of likely N-dealkylation sites (N-methyl/N-ethyl adjacent to an activating group) is 1. The molecule has 0 heterocycles. The van der Waals surface area contributed by atoms with Crippen molar-refractivity contribution in [2.75, 3.05) is 18.4 Å². The Morgan fingerprint density at radius 1 is 1.50 bits per heavy atom. The summed E-state index contributed by atoms with van der Waals surface area (Å²) >= 11 is 3.03. The normalized spacial score (nSPS) is 9.90. The van der Waals surface area contributed by atoms with Crippen LogP contribution >= 0.6 is 15.9 Å². The Hall–Kier alpha value is -2.16. The molecule has 9 heteroatoms. The van der Waals surface area contributed by atoms with E-state index in [1.54, 1.807) is 6.92 Å². The van der Waals surface area contributed by atoms with Gasteiger partial charge in [0.1, 0.15) is 6.54 Å². The van der Waals surface area contributed by atoms with Crippen LogP contribution in [-0.4, -0.2) is 40.0 Å². The van der Waals surface area contributed by atoms with E-state index in [2.05, 4.69) is 21.2 Å². The fourth-order valence-electron chi connectivity index (χ4n) is 1.42. The quantitative estimate of drug-likeness (QED) is 0.627. The summed E-state index contributed by atoms with van der Waals surface area (Å²) < 4.78 is 0.290. The summed E-state index contributed by atoms with van der Waals surface area (Å²) in [5.74, 6) is -1.14. The van der Waals surface area contributed by atoms with Crippen LogP contribution in [0.15, 0.2) is 22.7 Å². The van der Waals surface area contributed by atoms with Crippen LogP contribution < -0.4 is 5.32 Å². The van der Waals surface area contributed by atoms with Gasteiger partial charge in [-0.1, -0.05) is 0 Å². The van der Waals surface area contributed by atoms with Crippen LogP contribution in [0, 0.1) is 10.1 Å². The van der Waals surface area contributed by atoms with Crippen LogP contribution in [-0.2, 0) is 4.79 Å². The van der Waals surface area contributed by atoms with Crippen molar-refractivity contribution < 1.29 is 19.6 Å². The Labute approximate surface area is 122 Å². The first kappa shape index (κ1) is 15.9. The number of benzene rings is 1. The molecule has 0 aliphatic rings. The van der Waals surface area contributed by atoms with Crippen molar-refractivity contribution in [1.29, 1.82) is 0 Å². The molecule has 1 aromatic rings. The van der Waals surface area contributed by atoms with E-state index in [0.717, 1.165) is 4.90 Å². The first-order valence-electron chi connectivity index (χ1n) is 5.56. The number of nitrogens with zero attached hydrogens (tertiary/aromatic N) is 2. The van der Waals surface area contributed by atoms with E-state index in [0.29, 0.717) is 4.47 Å². The van der Waals surface area contributed by atoms with Crippen LogP contribution in [0.4, 0.5) is 16.2 Å². The molecular weight excluding hydrogens is 334 g/mol. The maximum absolute atomic E-state index is 11.8. The smallest absolute Gasteiger partial charge is 0.323 e. The van der Waals surface area contributed by atoms with Gasteiger partial charge < -0.3 is 15.3 Å². The number of anilines is 1. The molecular formula is C11H12BrN3O5. The van der Waals surface area contributed by atoms with Crippen molar-refractivity contribution in [3.05, 3.63) is 32.8 Å². The van der Waals surface area contributed by atoms with E-state index in [4.69, 9.17) is 5.11 Å². The van der Waals surface area contributed by atoms with Crippen molar-refractivity contribution in [2.24, 2.45) is 0 Å². The van der Waals surface area contributed by atoms with Gasteiger partial charge in [0.25, 0.3) is 5.69 Å². The van der Waals surface area contributed by atoms with Gasteiger partial charge in [-0.2, -0.15) is 0 Å². The average molecular weight is 346 g/mol. The molecule has 8 nitrogen and oxygen atoms in total. The first-order chi connectivity index (χ1) is 9.35. The molecule has 1 aromatic carbocycles. The molecule has 0 fully saturated rings. The molecule has 0 aliphatic carbocycles. The van der Waals surface area contributed by atoms with Crippen LogP contribution in [0.2, 0.25) is 0 Å². The topological polar surface area (TPSA) is 113 Å². The number of halogens is 1. The van der Waals surface area contributed by atoms with Gasteiger partial charge in [-0.15, -0.1) is 0 Å². The van der Waals surface area contributed by atoms with Crippen LogP contribution in [0.25, 0.3) is 0 Å². The summed E-state index contributed by atoms with van der Waals surface area (Å²) in [5.41, 5.74) is 0.0258. The van der Waals surface area contributed by atoms with E-state index in [-0.39, 0.29) is 17.9 Å². The molecule has 0 radical (unpaired) electrons. The molecule has 0 saturated carbocycles. The van der Waals surface area contributed by atoms with Crippen LogP contribution in [0.1, 0.15) is 6.92 Å². The summed E-state index contributed by atoms with van der Waals surface area (Å²) in [6.07, 6.45) is 0. The number of nitrogens with one attached hydrogen (secondary N) is 1. The highest BCUT2D eigenvalue weighted by Gasteiger charge is 2.17. The molecule has 20 heavy (non-hydrogen) atoms. The summed E-state index contributed by atoms with van der Waals surface area (Å²) in [5, 5.41) is 21.9. The van der Waals surface area contributed by atoms with Gasteiger partial charge in [-0.05, 0) is 35.0 Å². The minimum atomic E-state index is -1.14. The van der Waals surface area contributed by atoms with E-state index < -0.39 is 23.5 Å². The van der Waals surface area contributed by atoms with Gasteiger partial charge in [0.2, 0.25) is 0 Å². The summed E-state index contributed by atoms with van der Waals surface area (Å²) in [7, 11) is 0. The minimum Gasteiger partial charge on any atom is -0.480 e. The number of nitro groups is 1. The number of rotatable bonds is 5. The zero-order chi connectivity index (χ0) is 15.3. The number of hydrogen-bond acceptors (Lipinski definition) is 4. The fraction of sp³-hybridized carbons (Fsp3) is 0.273. The third-order valence-corrected chi connectivity index (χ3v) is 3.06. The number of carbonyl (C=O) groups is 2. The van der Waals surface area contributed by atoms with Crippen molar-refractivity contribution in [3.63, 3.8) is 0 Å². The minimum absolute atomic E-state index is 0.191. The third kappa shape index (κ3) is 4.19. The molecule has 0 bridgehead atoms. The summed E-state index contributed by atoms with van der Waals surface area (Å²) in [6, 6.07) is 3.47. The zero-order valence-corrected chi connectivity index (χ0v) is 12.1. The molecule has 1 rings (SSSR count). The number of hydrogen-bond donors (Lipinski definition) is 2. The van der Waals surface area contributed by atoms with Gasteiger partial charge in [0, 0.05) is 18.3 Å². The molecule has 0 aliphatic heterocycles. The third-order valence-electron chi connectivity index (χ3n) is 2.39. The number of nitro benzene ring substituents is 1. The lowest BCUT2D eigenvalue weighted by atomic mass is 10.3. The second-order valence-corrected chi connectivity index (χ2v) is 4.62. The number of carboxylic acids is 1. The number of aliphatic carboxylic acids is 1. The van der Waals surface area contributed by atoms with E-state index >= 15 is 0 Å². The number of amides is 2. The fourth-order valence-corrected chi connectivity index (χ4v) is 1.81. The molecule has 108 valence electrons. The highest BCUT2D eigenvalue weighted by molar-refractivity contribution is 9.10. The van der Waals surface area contributed by atoms with Gasteiger partial charge in [0.15, 0.2) is 0 Å². The molecule has 0 unspecified atom stereocenters. The van der Waals surface area contributed by atoms with Gasteiger partial charge in [-0.25, -0.2) is 4.79 Å². The van der Waals surface area contributed by atoms with Crippen molar-refractivity contribution in [1.82, 2.24) is 4.90 Å². The van der Waals surface area contributed by atoms with Crippen LogP contribution in [0.3, 0.4) is 0 Å². The highest BCUT2D eigenvalue weighted by atomic mass is 79.9. The average Bonchev–Trinajstić information content (AvgIpc) is 2.37. The van der Waals surface area contributed by atoms with E-state index in [9.17, 15) is 19.7 Å².